The van der Waals surface area contributed by atoms with Crippen LogP contribution >= 0.6 is 0 Å². The molecule has 0 amide bonds. The fraction of sp³-hybridized carbons (Fsp3) is 0.467. The fourth-order valence-corrected chi connectivity index (χ4v) is 10.7. The van der Waals surface area contributed by atoms with Gasteiger partial charge < -0.3 is 9.31 Å². The van der Waals surface area contributed by atoms with E-state index in [0.717, 1.165) is 11.4 Å². The van der Waals surface area contributed by atoms with Crippen LogP contribution in [-0.2, 0) is 25.6 Å². The highest BCUT2D eigenvalue weighted by atomic mass is 16.7. The van der Waals surface area contributed by atoms with Gasteiger partial charge in [-0.2, -0.15) is 0 Å². The van der Waals surface area contributed by atoms with Gasteiger partial charge in [-0.25, -0.2) is 0 Å². The van der Waals surface area contributed by atoms with Crippen molar-refractivity contribution in [2.24, 2.45) is 5.92 Å². The van der Waals surface area contributed by atoms with Crippen molar-refractivity contribution < 1.29 is 9.31 Å². The molecular weight excluding hydrogens is 583 g/mol. The average Bonchev–Trinajstić information content (AvgIpc) is 3.27. The van der Waals surface area contributed by atoms with E-state index in [-0.39, 0.29) is 18.3 Å². The SMILES string of the molecule is Cc1ccc(C23CC(c4ccc(-c5ccc(C6CCC7(c8ccc(B9OC(C)(C)C(C)(C)O9)cc8)CCCC6C7)cc5)cc4)(C2)C3)cc1. The summed E-state index contributed by atoms with van der Waals surface area (Å²) >= 11 is 0. The summed E-state index contributed by atoms with van der Waals surface area (Å²) in [6, 6.07) is 37.9. The second kappa shape index (κ2) is 10.7. The van der Waals surface area contributed by atoms with Crippen molar-refractivity contribution >= 4 is 12.6 Å². The van der Waals surface area contributed by atoms with Gasteiger partial charge in [-0.15, -0.1) is 0 Å². The quantitative estimate of drug-likeness (QED) is 0.197. The summed E-state index contributed by atoms with van der Waals surface area (Å²) in [7, 11) is -0.290. The second-order valence-electron chi connectivity index (χ2n) is 17.6. The smallest absolute Gasteiger partial charge is 0.399 e. The van der Waals surface area contributed by atoms with Crippen LogP contribution in [-0.4, -0.2) is 18.3 Å². The molecule has 5 saturated carbocycles. The number of hydrogen-bond acceptors (Lipinski definition) is 2. The minimum Gasteiger partial charge on any atom is -0.399 e. The molecule has 2 nitrogen and oxygen atoms in total. The second-order valence-corrected chi connectivity index (χ2v) is 17.6. The number of rotatable bonds is 6. The van der Waals surface area contributed by atoms with Gasteiger partial charge in [-0.1, -0.05) is 109 Å². The van der Waals surface area contributed by atoms with E-state index in [4.69, 9.17) is 9.31 Å². The molecule has 4 aromatic rings. The van der Waals surface area contributed by atoms with E-state index in [1.165, 1.54) is 80.0 Å². The standard InChI is InChI=1S/C45H51BO2/c1-31-8-16-37(17-9-31)44-28-45(29-44,30-44)38-18-14-33(15-19-38)32-10-12-34(13-11-32)40-24-26-43(25-6-7-35(40)27-43)36-20-22-39(23-21-36)46-47-41(2,3)42(4,5)48-46/h8-23,35,40H,6-7,24-30H2,1-5H3. The third kappa shape index (κ3) is 4.74. The first-order valence-electron chi connectivity index (χ1n) is 18.7. The third-order valence-corrected chi connectivity index (χ3v) is 14.3. The molecule has 3 atom stereocenters. The molecule has 0 radical (unpaired) electrons. The van der Waals surface area contributed by atoms with E-state index in [1.807, 2.05) is 0 Å². The summed E-state index contributed by atoms with van der Waals surface area (Å²) in [6.07, 6.45) is 11.8. The van der Waals surface area contributed by atoms with Crippen molar-refractivity contribution in [1.29, 1.82) is 0 Å². The minimum absolute atomic E-state index is 0.290. The number of benzene rings is 4. The Labute approximate surface area is 288 Å². The molecule has 10 rings (SSSR count). The molecule has 6 fully saturated rings. The Kier molecular flexibility index (Phi) is 6.87. The van der Waals surface area contributed by atoms with E-state index >= 15 is 0 Å². The zero-order valence-corrected chi connectivity index (χ0v) is 29.7. The molecule has 1 saturated heterocycles. The van der Waals surface area contributed by atoms with E-state index in [9.17, 15) is 0 Å². The molecular formula is C45H51BO2. The van der Waals surface area contributed by atoms with Crippen LogP contribution in [0.4, 0.5) is 0 Å². The van der Waals surface area contributed by atoms with Crippen molar-refractivity contribution in [3.8, 4) is 11.1 Å². The molecule has 3 heteroatoms. The molecule has 48 heavy (non-hydrogen) atoms. The Morgan fingerprint density at radius 1 is 0.562 bits per heavy atom. The first-order chi connectivity index (χ1) is 23.0. The lowest BCUT2D eigenvalue weighted by Gasteiger charge is -2.71. The van der Waals surface area contributed by atoms with Gasteiger partial charge in [-0.05, 0) is 153 Å². The van der Waals surface area contributed by atoms with E-state index < -0.39 is 0 Å². The Morgan fingerprint density at radius 2 is 1.06 bits per heavy atom. The molecule has 1 aliphatic heterocycles. The molecule has 0 aromatic heterocycles. The van der Waals surface area contributed by atoms with Crippen LogP contribution in [0, 0.1) is 12.8 Å². The van der Waals surface area contributed by atoms with Crippen molar-refractivity contribution in [3.63, 3.8) is 0 Å². The first-order valence-corrected chi connectivity index (χ1v) is 18.7. The van der Waals surface area contributed by atoms with Gasteiger partial charge in [-0.3, -0.25) is 0 Å². The van der Waals surface area contributed by atoms with E-state index in [0.29, 0.717) is 22.2 Å². The summed E-state index contributed by atoms with van der Waals surface area (Å²) in [5.41, 5.74) is 11.9. The maximum Gasteiger partial charge on any atom is 0.494 e. The van der Waals surface area contributed by atoms with Crippen LogP contribution < -0.4 is 5.46 Å². The van der Waals surface area contributed by atoms with Crippen LogP contribution in [0.15, 0.2) is 97.1 Å². The van der Waals surface area contributed by atoms with Gasteiger partial charge in [0.15, 0.2) is 0 Å². The molecule has 3 unspecified atom stereocenters. The molecule has 6 aliphatic rings. The largest absolute Gasteiger partial charge is 0.494 e. The Hall–Kier alpha value is -3.14. The zero-order chi connectivity index (χ0) is 32.9. The lowest BCUT2D eigenvalue weighted by atomic mass is 9.32. The van der Waals surface area contributed by atoms with Gasteiger partial charge >= 0.3 is 7.12 Å². The Bertz CT molecular complexity index is 1780. The lowest BCUT2D eigenvalue weighted by Crippen LogP contribution is -2.67. The number of hydrogen-bond donors (Lipinski definition) is 0. The number of fused-ring (bicyclic) bond motifs is 2. The van der Waals surface area contributed by atoms with Gasteiger partial charge in [0.05, 0.1) is 11.2 Å². The van der Waals surface area contributed by atoms with Crippen LogP contribution in [0.2, 0.25) is 0 Å². The Morgan fingerprint density at radius 3 is 1.65 bits per heavy atom. The predicted octanol–water partition coefficient (Wildman–Crippen LogP) is 10.3. The summed E-state index contributed by atoms with van der Waals surface area (Å²) in [5.74, 6) is 1.43. The van der Waals surface area contributed by atoms with Crippen molar-refractivity contribution in [3.05, 3.63) is 125 Å². The molecule has 0 spiro atoms. The maximum absolute atomic E-state index is 6.34. The van der Waals surface area contributed by atoms with Gasteiger partial charge in [0.25, 0.3) is 0 Å². The molecule has 4 aromatic carbocycles. The van der Waals surface area contributed by atoms with Crippen LogP contribution in [0.5, 0.6) is 0 Å². The van der Waals surface area contributed by atoms with Crippen molar-refractivity contribution in [2.45, 2.75) is 126 Å². The van der Waals surface area contributed by atoms with Crippen molar-refractivity contribution in [1.82, 2.24) is 0 Å². The van der Waals surface area contributed by atoms with Gasteiger partial charge in [0.2, 0.25) is 0 Å². The van der Waals surface area contributed by atoms with Crippen molar-refractivity contribution in [2.75, 3.05) is 0 Å². The highest BCUT2D eigenvalue weighted by Gasteiger charge is 2.68. The molecule has 246 valence electrons. The van der Waals surface area contributed by atoms with E-state index in [2.05, 4.69) is 132 Å². The summed E-state index contributed by atoms with van der Waals surface area (Å²) in [5, 5.41) is 0. The Balaban J connectivity index is 0.850. The summed E-state index contributed by atoms with van der Waals surface area (Å²) < 4.78 is 12.7. The maximum atomic E-state index is 6.34. The van der Waals surface area contributed by atoms with Crippen LogP contribution in [0.1, 0.15) is 119 Å². The molecule has 0 N–H and O–H groups in total. The highest BCUT2D eigenvalue weighted by molar-refractivity contribution is 6.62. The fourth-order valence-electron chi connectivity index (χ4n) is 10.7. The van der Waals surface area contributed by atoms with Gasteiger partial charge in [0.1, 0.15) is 0 Å². The molecule has 1 heterocycles. The minimum atomic E-state index is -0.310. The lowest BCUT2D eigenvalue weighted by molar-refractivity contribution is -0.0693. The molecule has 4 bridgehead atoms. The summed E-state index contributed by atoms with van der Waals surface area (Å²) in [4.78, 5) is 0. The highest BCUT2D eigenvalue weighted by Crippen LogP contribution is 2.74. The summed E-state index contributed by atoms with van der Waals surface area (Å²) in [6.45, 7) is 10.7. The topological polar surface area (TPSA) is 18.5 Å². The predicted molar refractivity (Wildman–Crippen MR) is 198 cm³/mol. The van der Waals surface area contributed by atoms with Gasteiger partial charge in [0, 0.05) is 0 Å². The third-order valence-electron chi connectivity index (χ3n) is 14.3. The van der Waals surface area contributed by atoms with Crippen LogP contribution in [0.25, 0.3) is 11.1 Å². The number of aryl methyl sites for hydroxylation is 1. The van der Waals surface area contributed by atoms with E-state index in [1.54, 1.807) is 16.7 Å². The average molecular weight is 635 g/mol. The normalized spacial score (nSPS) is 32.7. The monoisotopic (exact) mass is 634 g/mol. The van der Waals surface area contributed by atoms with Crippen LogP contribution in [0.3, 0.4) is 0 Å². The molecule has 5 aliphatic carbocycles. The first kappa shape index (κ1) is 30.9. The zero-order valence-electron chi connectivity index (χ0n) is 29.7.